The number of anilines is 1. The third-order valence-corrected chi connectivity index (χ3v) is 4.60. The van der Waals surface area contributed by atoms with Gasteiger partial charge in [-0.3, -0.25) is 14.9 Å². The summed E-state index contributed by atoms with van der Waals surface area (Å²) in [5.41, 5.74) is 8.81. The monoisotopic (exact) mass is 479 g/mol. The molecule has 0 aliphatic heterocycles. The molecule has 15 nitrogen and oxygen atoms in total. The first-order valence-electron chi connectivity index (χ1n) is 9.97. The van der Waals surface area contributed by atoms with Gasteiger partial charge in [-0.15, -0.1) is 5.10 Å². The van der Waals surface area contributed by atoms with Crippen LogP contribution in [0.3, 0.4) is 0 Å². The molecule has 15 heteroatoms. The van der Waals surface area contributed by atoms with Crippen LogP contribution in [0.5, 0.6) is 11.5 Å². The Hall–Kier alpha value is -5.34. The summed E-state index contributed by atoms with van der Waals surface area (Å²) in [6, 6.07) is 9.92. The number of rotatable bonds is 8. The number of non-ortho nitro benzene ring substituents is 1. The Balaban J connectivity index is 1.65. The third-order valence-electron chi connectivity index (χ3n) is 4.60. The van der Waals surface area contributed by atoms with Crippen molar-refractivity contribution in [1.29, 1.82) is 0 Å². The molecule has 0 radical (unpaired) electrons. The van der Waals surface area contributed by atoms with E-state index < -0.39 is 10.8 Å². The van der Waals surface area contributed by atoms with Crippen LogP contribution in [-0.4, -0.2) is 54.1 Å². The minimum atomic E-state index is -0.736. The van der Waals surface area contributed by atoms with Gasteiger partial charge in [0.2, 0.25) is 11.6 Å². The Labute approximate surface area is 195 Å². The maximum absolute atomic E-state index is 12.9. The first-order chi connectivity index (χ1) is 16.9. The second kappa shape index (κ2) is 9.65. The number of amides is 1. The normalized spacial score (nSPS) is 11.0. The number of aromatic hydroxyl groups is 1. The van der Waals surface area contributed by atoms with E-state index >= 15 is 0 Å². The number of nitro groups is 1. The molecule has 2 aromatic carbocycles. The Kier molecular flexibility index (Phi) is 6.30. The van der Waals surface area contributed by atoms with Crippen molar-refractivity contribution in [2.75, 3.05) is 12.3 Å². The van der Waals surface area contributed by atoms with E-state index in [-0.39, 0.29) is 40.2 Å². The molecule has 1 amide bonds. The van der Waals surface area contributed by atoms with Crippen LogP contribution in [0.1, 0.15) is 23.0 Å². The van der Waals surface area contributed by atoms with Gasteiger partial charge in [0, 0.05) is 17.7 Å². The second-order valence-corrected chi connectivity index (χ2v) is 6.83. The Morgan fingerprint density at radius 2 is 2.09 bits per heavy atom. The van der Waals surface area contributed by atoms with Crippen molar-refractivity contribution in [2.45, 2.75) is 6.92 Å². The fourth-order valence-electron chi connectivity index (χ4n) is 3.02. The van der Waals surface area contributed by atoms with Crippen LogP contribution in [0.25, 0.3) is 17.1 Å². The van der Waals surface area contributed by atoms with Gasteiger partial charge in [-0.05, 0) is 53.1 Å². The number of hydrazone groups is 1. The largest absolute Gasteiger partial charge is 0.504 e. The number of ether oxygens (including phenoxy) is 1. The van der Waals surface area contributed by atoms with Crippen LogP contribution in [0.2, 0.25) is 0 Å². The number of phenols is 1. The summed E-state index contributed by atoms with van der Waals surface area (Å²) in [6.07, 6.45) is 1.34. The number of phenolic OH excluding ortho intramolecular Hbond substituents is 1. The maximum atomic E-state index is 12.9. The molecular formula is C20H17N9O6. The second-order valence-electron chi connectivity index (χ2n) is 6.83. The summed E-state index contributed by atoms with van der Waals surface area (Å²) in [7, 11) is 0. The number of nitro benzene ring substituents is 1. The standard InChI is InChI=1S/C20H17N9O6/c1-2-34-15-9-11(3-8-14(15)30)10-22-24-20(31)16-17(12-4-6-13(7-5-12)29(32)33)28(27-23-16)19-18(21)25-35-26-19/h3-10,30H,2H2,1H3,(H2,21,25)(H,24,31). The average Bonchev–Trinajstić information content (AvgIpc) is 3.47. The lowest BCUT2D eigenvalue weighted by Crippen LogP contribution is -2.19. The van der Waals surface area contributed by atoms with Crippen molar-refractivity contribution < 1.29 is 24.2 Å². The molecule has 0 unspecified atom stereocenters. The van der Waals surface area contributed by atoms with E-state index in [9.17, 15) is 20.0 Å². The number of carbonyl (C=O) groups excluding carboxylic acids is 1. The Bertz CT molecular complexity index is 1410. The van der Waals surface area contributed by atoms with Crippen LogP contribution < -0.4 is 15.9 Å². The van der Waals surface area contributed by atoms with E-state index in [1.165, 1.54) is 36.5 Å². The number of nitrogens with one attached hydrogen (secondary N) is 1. The number of aromatic nitrogens is 5. The zero-order valence-electron chi connectivity index (χ0n) is 18.0. The number of carbonyl (C=O) groups is 1. The molecule has 0 saturated carbocycles. The van der Waals surface area contributed by atoms with Crippen LogP contribution in [0, 0.1) is 10.1 Å². The fraction of sp³-hybridized carbons (Fsp3) is 0.100. The van der Waals surface area contributed by atoms with E-state index in [4.69, 9.17) is 10.5 Å². The number of hydrogen-bond donors (Lipinski definition) is 3. The maximum Gasteiger partial charge on any atom is 0.294 e. The molecule has 2 aromatic heterocycles. The predicted octanol–water partition coefficient (Wildman–Crippen LogP) is 1.68. The van der Waals surface area contributed by atoms with E-state index in [2.05, 4.69) is 35.8 Å². The van der Waals surface area contributed by atoms with Crippen molar-refractivity contribution in [2.24, 2.45) is 5.10 Å². The molecule has 4 aromatic rings. The molecule has 2 heterocycles. The van der Waals surface area contributed by atoms with Crippen molar-refractivity contribution in [1.82, 2.24) is 30.7 Å². The number of nitrogen functional groups attached to an aromatic ring is 1. The zero-order valence-corrected chi connectivity index (χ0v) is 18.0. The molecule has 0 aliphatic carbocycles. The van der Waals surface area contributed by atoms with E-state index in [1.54, 1.807) is 19.1 Å². The molecule has 0 atom stereocenters. The molecule has 0 fully saturated rings. The van der Waals surface area contributed by atoms with Crippen LogP contribution >= 0.6 is 0 Å². The summed E-state index contributed by atoms with van der Waals surface area (Å²) in [4.78, 5) is 23.3. The predicted molar refractivity (Wildman–Crippen MR) is 120 cm³/mol. The molecule has 35 heavy (non-hydrogen) atoms. The molecule has 0 aliphatic rings. The molecule has 0 saturated heterocycles. The van der Waals surface area contributed by atoms with Crippen LogP contribution in [0.15, 0.2) is 52.2 Å². The minimum Gasteiger partial charge on any atom is -0.504 e. The van der Waals surface area contributed by atoms with E-state index in [0.29, 0.717) is 17.7 Å². The SMILES string of the molecule is CCOc1cc(C=NNC(=O)c2nnn(-c3nonc3N)c2-c2ccc([N+](=O)[O-])cc2)ccc1O. The van der Waals surface area contributed by atoms with Crippen LogP contribution in [-0.2, 0) is 0 Å². The van der Waals surface area contributed by atoms with Gasteiger partial charge in [0.1, 0.15) is 5.69 Å². The summed E-state index contributed by atoms with van der Waals surface area (Å²) >= 11 is 0. The van der Waals surface area contributed by atoms with Gasteiger partial charge in [-0.2, -0.15) is 9.78 Å². The van der Waals surface area contributed by atoms with Gasteiger partial charge in [0.25, 0.3) is 11.6 Å². The highest BCUT2D eigenvalue weighted by Crippen LogP contribution is 2.28. The summed E-state index contributed by atoms with van der Waals surface area (Å²) in [5, 5.41) is 39.7. The topological polar surface area (TPSA) is 210 Å². The lowest BCUT2D eigenvalue weighted by molar-refractivity contribution is -0.384. The van der Waals surface area contributed by atoms with E-state index in [1.807, 2.05) is 0 Å². The smallest absolute Gasteiger partial charge is 0.294 e. The van der Waals surface area contributed by atoms with Gasteiger partial charge in [-0.1, -0.05) is 5.21 Å². The first-order valence-corrected chi connectivity index (χ1v) is 9.97. The van der Waals surface area contributed by atoms with Gasteiger partial charge < -0.3 is 15.6 Å². The highest BCUT2D eigenvalue weighted by Gasteiger charge is 2.25. The summed E-state index contributed by atoms with van der Waals surface area (Å²) in [6.45, 7) is 2.14. The first kappa shape index (κ1) is 22.8. The van der Waals surface area contributed by atoms with Gasteiger partial charge >= 0.3 is 0 Å². The van der Waals surface area contributed by atoms with E-state index in [0.717, 1.165) is 4.68 Å². The summed E-state index contributed by atoms with van der Waals surface area (Å²) in [5.74, 6) is -0.634. The van der Waals surface area contributed by atoms with Gasteiger partial charge in [0.15, 0.2) is 17.2 Å². The quantitative estimate of drug-likeness (QED) is 0.188. The van der Waals surface area contributed by atoms with Gasteiger partial charge in [0.05, 0.1) is 17.7 Å². The fourth-order valence-corrected chi connectivity index (χ4v) is 3.02. The number of nitrogens with two attached hydrogens (primary N) is 1. The molecule has 0 spiro atoms. The molecule has 4 rings (SSSR count). The molecule has 0 bridgehead atoms. The highest BCUT2D eigenvalue weighted by atomic mass is 16.6. The van der Waals surface area contributed by atoms with Crippen molar-refractivity contribution in [3.05, 3.63) is 63.8 Å². The molecular weight excluding hydrogens is 462 g/mol. The van der Waals surface area contributed by atoms with Crippen molar-refractivity contribution >= 4 is 23.6 Å². The minimum absolute atomic E-state index is 0.0269. The lowest BCUT2D eigenvalue weighted by Gasteiger charge is -2.06. The summed E-state index contributed by atoms with van der Waals surface area (Å²) < 4.78 is 11.0. The van der Waals surface area contributed by atoms with Crippen molar-refractivity contribution in [3.63, 3.8) is 0 Å². The number of hydrogen-bond acceptors (Lipinski definition) is 12. The number of benzene rings is 2. The number of nitrogens with zero attached hydrogens (tertiary/aromatic N) is 7. The average molecular weight is 479 g/mol. The van der Waals surface area contributed by atoms with Crippen LogP contribution in [0.4, 0.5) is 11.5 Å². The van der Waals surface area contributed by atoms with Gasteiger partial charge in [-0.25, -0.2) is 10.1 Å². The third kappa shape index (κ3) is 4.72. The molecule has 178 valence electrons. The lowest BCUT2D eigenvalue weighted by atomic mass is 10.1. The zero-order chi connectivity index (χ0) is 24.9. The molecule has 4 N–H and O–H groups in total. The highest BCUT2D eigenvalue weighted by molar-refractivity contribution is 5.99. The Morgan fingerprint density at radius 1 is 1.31 bits per heavy atom. The van der Waals surface area contributed by atoms with Crippen molar-refractivity contribution in [3.8, 4) is 28.6 Å². The Morgan fingerprint density at radius 3 is 2.74 bits per heavy atom.